The number of nitrogens with one attached hydrogen (secondary N) is 3. The average molecular weight is 442 g/mol. The molecule has 164 valence electrons. The van der Waals surface area contributed by atoms with E-state index in [1.807, 2.05) is 0 Å². The van der Waals surface area contributed by atoms with Crippen LogP contribution >= 0.6 is 0 Å². The molecule has 1 aliphatic rings. The first-order valence-electron chi connectivity index (χ1n) is 9.25. The Morgan fingerprint density at radius 3 is 2.34 bits per heavy atom. The maximum Gasteiger partial charge on any atom is 0.586 e. The number of carbonyl (C=O) groups excluding carboxylic acids is 2. The van der Waals surface area contributed by atoms with E-state index in [2.05, 4.69) is 30.4 Å². The van der Waals surface area contributed by atoms with Crippen molar-refractivity contribution in [3.05, 3.63) is 66.5 Å². The Morgan fingerprint density at radius 1 is 0.906 bits per heavy atom. The molecule has 1 aliphatic heterocycles. The van der Waals surface area contributed by atoms with Gasteiger partial charge in [-0.1, -0.05) is 0 Å². The van der Waals surface area contributed by atoms with Crippen LogP contribution in [0.25, 0.3) is 0 Å². The second-order valence-corrected chi connectivity index (χ2v) is 6.49. The first-order valence-corrected chi connectivity index (χ1v) is 9.25. The number of benzene rings is 2. The minimum absolute atomic E-state index is 0.117. The van der Waals surface area contributed by atoms with Crippen LogP contribution in [0.2, 0.25) is 0 Å². The number of anilines is 2. The number of alkyl halides is 2. The summed E-state index contributed by atoms with van der Waals surface area (Å²) in [5.74, 6) is 0.266. The summed E-state index contributed by atoms with van der Waals surface area (Å²) in [5.41, 5.74) is 0.919. The highest BCUT2D eigenvalue weighted by Gasteiger charge is 2.43. The zero-order valence-corrected chi connectivity index (χ0v) is 16.5. The summed E-state index contributed by atoms with van der Waals surface area (Å²) in [6, 6.07) is 12.9. The Balaban J connectivity index is 1.35. The molecule has 0 radical (unpaired) electrons. The highest BCUT2D eigenvalue weighted by molar-refractivity contribution is 6.00. The highest BCUT2D eigenvalue weighted by Crippen LogP contribution is 2.42. The van der Waals surface area contributed by atoms with Gasteiger partial charge in [0.05, 0.1) is 0 Å². The van der Waals surface area contributed by atoms with Crippen LogP contribution in [0.15, 0.2) is 60.8 Å². The van der Waals surface area contributed by atoms with Gasteiger partial charge < -0.3 is 30.2 Å². The van der Waals surface area contributed by atoms with Crippen LogP contribution < -0.4 is 30.2 Å². The summed E-state index contributed by atoms with van der Waals surface area (Å²) in [4.78, 5) is 27.8. The molecule has 2 heterocycles. The van der Waals surface area contributed by atoms with E-state index < -0.39 is 12.3 Å². The predicted octanol–water partition coefficient (Wildman–Crippen LogP) is 4.20. The van der Waals surface area contributed by atoms with Gasteiger partial charge in [0.2, 0.25) is 0 Å². The fourth-order valence-corrected chi connectivity index (χ4v) is 2.79. The number of fused-ring (bicyclic) bond motifs is 1. The smallest absolute Gasteiger partial charge is 0.457 e. The van der Waals surface area contributed by atoms with Crippen molar-refractivity contribution in [1.82, 2.24) is 10.3 Å². The number of halogens is 2. The van der Waals surface area contributed by atoms with Crippen molar-refractivity contribution in [2.24, 2.45) is 0 Å². The number of nitrogens with zero attached hydrogens (tertiary/aromatic N) is 1. The van der Waals surface area contributed by atoms with E-state index in [-0.39, 0.29) is 28.8 Å². The van der Waals surface area contributed by atoms with E-state index in [1.54, 1.807) is 30.3 Å². The summed E-state index contributed by atoms with van der Waals surface area (Å²) >= 11 is 0. The molecule has 0 unspecified atom stereocenters. The van der Waals surface area contributed by atoms with Crippen molar-refractivity contribution in [2.45, 2.75) is 6.29 Å². The van der Waals surface area contributed by atoms with Gasteiger partial charge in [0, 0.05) is 36.8 Å². The van der Waals surface area contributed by atoms with Crippen molar-refractivity contribution < 1.29 is 32.6 Å². The number of ether oxygens (including phenoxy) is 3. The van der Waals surface area contributed by atoms with Crippen molar-refractivity contribution >= 4 is 23.3 Å². The lowest BCUT2D eigenvalue weighted by molar-refractivity contribution is -0.286. The molecule has 0 bridgehead atoms. The maximum atomic E-state index is 13.1. The molecule has 3 aromatic rings. The third-order valence-corrected chi connectivity index (χ3v) is 4.20. The van der Waals surface area contributed by atoms with Gasteiger partial charge in [-0.15, -0.1) is 8.78 Å². The highest BCUT2D eigenvalue weighted by atomic mass is 19.3. The van der Waals surface area contributed by atoms with Gasteiger partial charge in [0.25, 0.3) is 5.91 Å². The molecule has 0 saturated heterocycles. The number of hydrogen-bond donors (Lipinski definition) is 3. The Kier molecular flexibility index (Phi) is 5.46. The van der Waals surface area contributed by atoms with E-state index in [0.717, 1.165) is 0 Å². The third kappa shape index (κ3) is 4.83. The van der Waals surface area contributed by atoms with Gasteiger partial charge in [0.15, 0.2) is 11.5 Å². The number of aromatic nitrogens is 1. The van der Waals surface area contributed by atoms with Crippen molar-refractivity contribution in [3.8, 4) is 23.0 Å². The second-order valence-electron chi connectivity index (χ2n) is 6.49. The molecule has 0 aliphatic carbocycles. The summed E-state index contributed by atoms with van der Waals surface area (Å²) in [6.45, 7) is 0. The van der Waals surface area contributed by atoms with E-state index >= 15 is 0 Å². The SMILES string of the molecule is CNC(=O)c1cc(Oc2ccc(NC(=O)Nc3ccc4c(c3)OC(F)(F)O4)cc2)ccn1. The van der Waals surface area contributed by atoms with Gasteiger partial charge >= 0.3 is 12.3 Å². The lowest BCUT2D eigenvalue weighted by atomic mass is 10.3. The monoisotopic (exact) mass is 442 g/mol. The average Bonchev–Trinajstić information content (AvgIpc) is 3.07. The quantitative estimate of drug-likeness (QED) is 0.546. The molecule has 0 spiro atoms. The van der Waals surface area contributed by atoms with Crippen LogP contribution in [0.3, 0.4) is 0 Å². The number of amides is 3. The zero-order chi connectivity index (χ0) is 22.7. The molecule has 2 aromatic carbocycles. The summed E-state index contributed by atoms with van der Waals surface area (Å²) in [7, 11) is 1.50. The second kappa shape index (κ2) is 8.38. The first kappa shape index (κ1) is 20.8. The first-order chi connectivity index (χ1) is 15.3. The predicted molar refractivity (Wildman–Crippen MR) is 109 cm³/mol. The third-order valence-electron chi connectivity index (χ3n) is 4.20. The topological polar surface area (TPSA) is 111 Å². The normalized spacial score (nSPS) is 13.2. The Bertz CT molecular complexity index is 1170. The maximum absolute atomic E-state index is 13.1. The van der Waals surface area contributed by atoms with E-state index in [4.69, 9.17) is 4.74 Å². The summed E-state index contributed by atoms with van der Waals surface area (Å²) in [6.07, 6.45) is -2.27. The largest absolute Gasteiger partial charge is 0.586 e. The van der Waals surface area contributed by atoms with Gasteiger partial charge in [0.1, 0.15) is 17.2 Å². The lowest BCUT2D eigenvalue weighted by Gasteiger charge is -2.10. The van der Waals surface area contributed by atoms with Crippen LogP contribution in [0.4, 0.5) is 25.0 Å². The van der Waals surface area contributed by atoms with Gasteiger partial charge in [-0.2, -0.15) is 0 Å². The Morgan fingerprint density at radius 2 is 1.59 bits per heavy atom. The van der Waals surface area contributed by atoms with E-state index in [0.29, 0.717) is 17.2 Å². The molecule has 4 rings (SSSR count). The standard InChI is InChI=1S/C21H16F2N4O5/c1-24-19(28)16-11-15(8-9-25-16)30-14-5-2-12(3-6-14)26-20(29)27-13-4-7-17-18(10-13)32-21(22,23)31-17/h2-11H,1H3,(H,24,28)(H2,26,27,29). The molecule has 32 heavy (non-hydrogen) atoms. The number of carbonyl (C=O) groups is 2. The fourth-order valence-electron chi connectivity index (χ4n) is 2.79. The fraction of sp³-hybridized carbons (Fsp3) is 0.0952. The molecular weight excluding hydrogens is 426 g/mol. The van der Waals surface area contributed by atoms with Crippen molar-refractivity contribution in [1.29, 1.82) is 0 Å². The molecule has 11 heteroatoms. The van der Waals surface area contributed by atoms with Crippen LogP contribution in [0.5, 0.6) is 23.0 Å². The molecular formula is C21H16F2N4O5. The number of hydrogen-bond acceptors (Lipinski definition) is 6. The van der Waals surface area contributed by atoms with Crippen LogP contribution in [0.1, 0.15) is 10.5 Å². The summed E-state index contributed by atoms with van der Waals surface area (Å²) < 4.78 is 40.5. The lowest BCUT2D eigenvalue weighted by Crippen LogP contribution is -2.25. The minimum atomic E-state index is -3.73. The molecule has 0 saturated carbocycles. The van der Waals surface area contributed by atoms with Gasteiger partial charge in [-0.05, 0) is 42.5 Å². The molecule has 3 amide bonds. The van der Waals surface area contributed by atoms with Crippen molar-refractivity contribution in [2.75, 3.05) is 17.7 Å². The molecule has 1 aromatic heterocycles. The Labute approximate surface area is 180 Å². The van der Waals surface area contributed by atoms with Gasteiger partial charge in [-0.3, -0.25) is 9.78 Å². The molecule has 0 atom stereocenters. The Hall–Kier alpha value is -4.41. The van der Waals surface area contributed by atoms with Crippen LogP contribution in [-0.4, -0.2) is 30.3 Å². The van der Waals surface area contributed by atoms with Crippen molar-refractivity contribution in [3.63, 3.8) is 0 Å². The summed E-state index contributed by atoms with van der Waals surface area (Å²) in [5, 5.41) is 7.61. The van der Waals surface area contributed by atoms with Gasteiger partial charge in [-0.25, -0.2) is 4.79 Å². The van der Waals surface area contributed by atoms with E-state index in [9.17, 15) is 18.4 Å². The number of rotatable bonds is 5. The zero-order valence-electron chi connectivity index (χ0n) is 16.5. The molecule has 0 fully saturated rings. The van der Waals surface area contributed by atoms with Crippen LogP contribution in [0, 0.1) is 0 Å². The van der Waals surface area contributed by atoms with E-state index in [1.165, 1.54) is 37.5 Å². The number of pyridine rings is 1. The molecule has 3 N–H and O–H groups in total. The minimum Gasteiger partial charge on any atom is -0.457 e. The van der Waals surface area contributed by atoms with Crippen LogP contribution in [-0.2, 0) is 0 Å². The number of urea groups is 1. The molecule has 9 nitrogen and oxygen atoms in total.